The molecule has 0 bridgehead atoms. The first-order valence-electron chi connectivity index (χ1n) is 4.38. The largest absolute Gasteiger partial charge is 0.383 e. The summed E-state index contributed by atoms with van der Waals surface area (Å²) in [5, 5.41) is 14.5. The zero-order chi connectivity index (χ0) is 10.6. The van der Waals surface area contributed by atoms with E-state index in [2.05, 4.69) is 5.10 Å². The summed E-state index contributed by atoms with van der Waals surface area (Å²) in [4.78, 5) is 10.2. The zero-order valence-electron chi connectivity index (χ0n) is 8.27. The molecule has 1 aromatic heterocycles. The molecule has 0 unspecified atom stereocenters. The SMILES string of the molecule is CCc1c([N+](=O)[O-])cnn1CCOC. The number of rotatable bonds is 5. The van der Waals surface area contributed by atoms with Crippen molar-refractivity contribution in [2.75, 3.05) is 13.7 Å². The molecule has 0 aliphatic carbocycles. The maximum atomic E-state index is 10.6. The van der Waals surface area contributed by atoms with E-state index in [1.54, 1.807) is 11.8 Å². The van der Waals surface area contributed by atoms with E-state index in [4.69, 9.17) is 4.74 Å². The Balaban J connectivity index is 2.89. The summed E-state index contributed by atoms with van der Waals surface area (Å²) in [5.41, 5.74) is 0.732. The molecule has 0 aliphatic rings. The van der Waals surface area contributed by atoms with Gasteiger partial charge in [-0.05, 0) is 6.42 Å². The number of hydrogen-bond acceptors (Lipinski definition) is 4. The molecule has 0 amide bonds. The van der Waals surface area contributed by atoms with Crippen molar-refractivity contribution in [3.63, 3.8) is 0 Å². The minimum atomic E-state index is -0.408. The van der Waals surface area contributed by atoms with Crippen molar-refractivity contribution in [1.82, 2.24) is 9.78 Å². The number of nitro groups is 1. The van der Waals surface area contributed by atoms with Crippen molar-refractivity contribution in [2.45, 2.75) is 19.9 Å². The summed E-state index contributed by atoms with van der Waals surface area (Å²) in [6, 6.07) is 0. The van der Waals surface area contributed by atoms with Crippen LogP contribution in [0.25, 0.3) is 0 Å². The number of hydrogen-bond donors (Lipinski definition) is 0. The van der Waals surface area contributed by atoms with Crippen LogP contribution < -0.4 is 0 Å². The first-order chi connectivity index (χ1) is 6.70. The quantitative estimate of drug-likeness (QED) is 0.524. The standard InChI is InChI=1S/C8H13N3O3/c1-3-7-8(11(12)13)6-9-10(7)4-5-14-2/h6H,3-5H2,1-2H3. The van der Waals surface area contributed by atoms with Crippen LogP contribution in [-0.2, 0) is 17.7 Å². The lowest BCUT2D eigenvalue weighted by molar-refractivity contribution is -0.385. The van der Waals surface area contributed by atoms with Gasteiger partial charge in [0.25, 0.3) is 0 Å². The molecular formula is C8H13N3O3. The molecule has 0 aromatic carbocycles. The van der Waals surface area contributed by atoms with Gasteiger partial charge in [-0.25, -0.2) is 0 Å². The van der Waals surface area contributed by atoms with Gasteiger partial charge in [0.15, 0.2) is 0 Å². The Morgan fingerprint density at radius 2 is 2.43 bits per heavy atom. The fourth-order valence-electron chi connectivity index (χ4n) is 1.29. The van der Waals surface area contributed by atoms with Crippen molar-refractivity contribution >= 4 is 5.69 Å². The predicted octanol–water partition coefficient (Wildman–Crippen LogP) is 1.00. The molecule has 0 saturated carbocycles. The lowest BCUT2D eigenvalue weighted by Crippen LogP contribution is -2.09. The lowest BCUT2D eigenvalue weighted by Gasteiger charge is -2.03. The fourth-order valence-corrected chi connectivity index (χ4v) is 1.29. The van der Waals surface area contributed by atoms with Gasteiger partial charge in [-0.3, -0.25) is 14.8 Å². The molecule has 14 heavy (non-hydrogen) atoms. The molecule has 6 nitrogen and oxygen atoms in total. The maximum Gasteiger partial charge on any atom is 0.310 e. The van der Waals surface area contributed by atoms with Crippen LogP contribution in [0.3, 0.4) is 0 Å². The average molecular weight is 199 g/mol. The van der Waals surface area contributed by atoms with E-state index >= 15 is 0 Å². The highest BCUT2D eigenvalue weighted by molar-refractivity contribution is 5.32. The molecule has 0 N–H and O–H groups in total. The van der Waals surface area contributed by atoms with Crippen LogP contribution in [0.2, 0.25) is 0 Å². The van der Waals surface area contributed by atoms with Crippen LogP contribution >= 0.6 is 0 Å². The highest BCUT2D eigenvalue weighted by atomic mass is 16.6. The first-order valence-corrected chi connectivity index (χ1v) is 4.38. The van der Waals surface area contributed by atoms with E-state index in [1.165, 1.54) is 6.20 Å². The Morgan fingerprint density at radius 3 is 2.93 bits per heavy atom. The maximum absolute atomic E-state index is 10.6. The highest BCUT2D eigenvalue weighted by Crippen LogP contribution is 2.17. The summed E-state index contributed by atoms with van der Waals surface area (Å²) >= 11 is 0. The molecule has 0 spiro atoms. The van der Waals surface area contributed by atoms with E-state index in [0.717, 1.165) is 0 Å². The molecular weight excluding hydrogens is 186 g/mol. The molecule has 1 rings (SSSR count). The molecule has 1 heterocycles. The second-order valence-corrected chi connectivity index (χ2v) is 2.80. The number of ether oxygens (including phenoxy) is 1. The van der Waals surface area contributed by atoms with Crippen LogP contribution in [0.1, 0.15) is 12.6 Å². The number of methoxy groups -OCH3 is 1. The summed E-state index contributed by atoms with van der Waals surface area (Å²) in [6.45, 7) is 2.92. The van der Waals surface area contributed by atoms with Crippen LogP contribution in [0.15, 0.2) is 6.20 Å². The normalized spacial score (nSPS) is 10.4. The third-order valence-corrected chi connectivity index (χ3v) is 1.97. The molecule has 6 heteroatoms. The van der Waals surface area contributed by atoms with Gasteiger partial charge in [0.2, 0.25) is 0 Å². The smallest absolute Gasteiger partial charge is 0.310 e. The van der Waals surface area contributed by atoms with Gasteiger partial charge in [-0.1, -0.05) is 6.92 Å². The molecule has 1 aromatic rings. The Hall–Kier alpha value is -1.43. The van der Waals surface area contributed by atoms with Gasteiger partial charge in [0.1, 0.15) is 11.9 Å². The molecule has 0 radical (unpaired) electrons. The van der Waals surface area contributed by atoms with Crippen LogP contribution in [-0.4, -0.2) is 28.4 Å². The summed E-state index contributed by atoms with van der Waals surface area (Å²) in [5.74, 6) is 0. The zero-order valence-corrected chi connectivity index (χ0v) is 8.27. The minimum absolute atomic E-state index is 0.0867. The molecule has 0 fully saturated rings. The third-order valence-electron chi connectivity index (χ3n) is 1.97. The van der Waals surface area contributed by atoms with Gasteiger partial charge < -0.3 is 4.74 Å². The number of aromatic nitrogens is 2. The van der Waals surface area contributed by atoms with E-state index < -0.39 is 4.92 Å². The highest BCUT2D eigenvalue weighted by Gasteiger charge is 2.17. The minimum Gasteiger partial charge on any atom is -0.383 e. The monoisotopic (exact) mass is 199 g/mol. The molecule has 78 valence electrons. The van der Waals surface area contributed by atoms with Crippen LogP contribution in [0, 0.1) is 10.1 Å². The molecule has 0 aliphatic heterocycles. The molecule has 0 saturated heterocycles. The van der Waals surface area contributed by atoms with Crippen molar-refractivity contribution in [3.05, 3.63) is 22.0 Å². The Labute approximate surface area is 81.6 Å². The van der Waals surface area contributed by atoms with Gasteiger partial charge in [-0.2, -0.15) is 5.10 Å². The topological polar surface area (TPSA) is 70.2 Å². The second-order valence-electron chi connectivity index (χ2n) is 2.80. The van der Waals surface area contributed by atoms with Crippen molar-refractivity contribution in [2.24, 2.45) is 0 Å². The van der Waals surface area contributed by atoms with Crippen LogP contribution in [0.5, 0.6) is 0 Å². The lowest BCUT2D eigenvalue weighted by atomic mass is 10.3. The summed E-state index contributed by atoms with van der Waals surface area (Å²) in [7, 11) is 1.59. The summed E-state index contributed by atoms with van der Waals surface area (Å²) < 4.78 is 6.50. The van der Waals surface area contributed by atoms with Gasteiger partial charge >= 0.3 is 5.69 Å². The Kier molecular flexibility index (Phi) is 3.58. The Morgan fingerprint density at radius 1 is 1.71 bits per heavy atom. The van der Waals surface area contributed by atoms with Crippen molar-refractivity contribution in [1.29, 1.82) is 0 Å². The molecule has 0 atom stereocenters. The second kappa shape index (κ2) is 4.71. The fraction of sp³-hybridized carbons (Fsp3) is 0.625. The Bertz CT molecular complexity index is 322. The first kappa shape index (κ1) is 10.6. The van der Waals surface area contributed by atoms with E-state index in [9.17, 15) is 10.1 Å². The van der Waals surface area contributed by atoms with E-state index in [-0.39, 0.29) is 5.69 Å². The van der Waals surface area contributed by atoms with Crippen molar-refractivity contribution in [3.8, 4) is 0 Å². The van der Waals surface area contributed by atoms with Gasteiger partial charge in [-0.15, -0.1) is 0 Å². The van der Waals surface area contributed by atoms with Gasteiger partial charge in [0, 0.05) is 7.11 Å². The van der Waals surface area contributed by atoms with Gasteiger partial charge in [0.05, 0.1) is 18.1 Å². The third kappa shape index (κ3) is 2.08. The van der Waals surface area contributed by atoms with E-state index in [1.807, 2.05) is 6.92 Å². The van der Waals surface area contributed by atoms with Crippen LogP contribution in [0.4, 0.5) is 5.69 Å². The van der Waals surface area contributed by atoms with Crippen molar-refractivity contribution < 1.29 is 9.66 Å². The predicted molar refractivity (Wildman–Crippen MR) is 50.1 cm³/mol. The average Bonchev–Trinajstić information content (AvgIpc) is 2.57. The number of nitrogens with zero attached hydrogens (tertiary/aromatic N) is 3. The summed E-state index contributed by atoms with van der Waals surface area (Å²) in [6.07, 6.45) is 1.88. The van der Waals surface area contributed by atoms with E-state index in [0.29, 0.717) is 25.3 Å².